The van der Waals surface area contributed by atoms with Gasteiger partial charge in [-0.25, -0.2) is 4.79 Å². The fourth-order valence-electron chi connectivity index (χ4n) is 2.41. The molecule has 2 rings (SSSR count). The Labute approximate surface area is 162 Å². The highest BCUT2D eigenvalue weighted by Crippen LogP contribution is 2.28. The average Bonchev–Trinajstić information content (AvgIpc) is 2.62. The van der Waals surface area contributed by atoms with E-state index in [-0.39, 0.29) is 21.3 Å². The molecule has 0 bridgehead atoms. The summed E-state index contributed by atoms with van der Waals surface area (Å²) in [5.41, 5.74) is 7.57. The van der Waals surface area contributed by atoms with Crippen LogP contribution < -0.4 is 11.1 Å². The monoisotopic (exact) mass is 394 g/mol. The number of anilines is 2. The third-order valence-electron chi connectivity index (χ3n) is 4.03. The lowest BCUT2D eigenvalue weighted by atomic mass is 9.97. The van der Waals surface area contributed by atoms with E-state index in [0.29, 0.717) is 11.6 Å². The quantitative estimate of drug-likeness (QED) is 0.539. The maximum atomic E-state index is 12.2. The Hall–Kier alpha value is -2.24. The number of para-hydroxylation sites is 1. The number of ether oxygens (including phenoxy) is 1. The number of nitrogens with one attached hydrogen (secondary N) is 1. The van der Waals surface area contributed by atoms with Crippen molar-refractivity contribution >= 4 is 46.5 Å². The van der Waals surface area contributed by atoms with E-state index in [4.69, 9.17) is 33.7 Å². The summed E-state index contributed by atoms with van der Waals surface area (Å²) in [6.07, 6.45) is 0.941. The van der Waals surface area contributed by atoms with Gasteiger partial charge in [-0.05, 0) is 36.1 Å². The van der Waals surface area contributed by atoms with E-state index in [9.17, 15) is 9.59 Å². The molecule has 0 spiro atoms. The summed E-state index contributed by atoms with van der Waals surface area (Å²) in [7, 11) is 0. The van der Waals surface area contributed by atoms with Gasteiger partial charge in [0.05, 0.1) is 16.3 Å². The second-order valence-corrected chi connectivity index (χ2v) is 6.71. The first kappa shape index (κ1) is 20.1. The molecule has 7 heteroatoms. The molecule has 1 amide bonds. The zero-order chi connectivity index (χ0) is 19.3. The molecule has 5 nitrogen and oxygen atoms in total. The summed E-state index contributed by atoms with van der Waals surface area (Å²) in [4.78, 5) is 24.3. The van der Waals surface area contributed by atoms with Crippen LogP contribution in [-0.2, 0) is 9.53 Å². The number of halogens is 2. The van der Waals surface area contributed by atoms with Crippen LogP contribution in [0.4, 0.5) is 11.4 Å². The molecule has 26 heavy (non-hydrogen) atoms. The van der Waals surface area contributed by atoms with Gasteiger partial charge in [-0.15, -0.1) is 0 Å². The molecule has 3 N–H and O–H groups in total. The van der Waals surface area contributed by atoms with Gasteiger partial charge in [0.25, 0.3) is 5.91 Å². The molecule has 0 aliphatic carbocycles. The van der Waals surface area contributed by atoms with E-state index >= 15 is 0 Å². The van der Waals surface area contributed by atoms with E-state index in [1.165, 1.54) is 12.1 Å². The predicted molar refractivity (Wildman–Crippen MR) is 105 cm³/mol. The molecular weight excluding hydrogens is 375 g/mol. The standard InChI is InChI=1S/C19H20Cl2N2O3/c1-3-11(2)13-6-4-5-7-16(13)23-17(24)10-26-19(25)14-8-12(20)9-15(21)18(14)22/h4-9,11H,3,10,22H2,1-2H3,(H,23,24)/t11-/m0/s1. The maximum Gasteiger partial charge on any atom is 0.340 e. The lowest BCUT2D eigenvalue weighted by Crippen LogP contribution is -2.22. The topological polar surface area (TPSA) is 81.4 Å². The van der Waals surface area contributed by atoms with E-state index in [1.54, 1.807) is 0 Å². The summed E-state index contributed by atoms with van der Waals surface area (Å²) in [6.45, 7) is 3.71. The minimum absolute atomic E-state index is 0.0234. The minimum Gasteiger partial charge on any atom is -0.452 e. The fourth-order valence-corrected chi connectivity index (χ4v) is 2.90. The smallest absolute Gasteiger partial charge is 0.340 e. The van der Waals surface area contributed by atoms with Crippen LogP contribution in [0.5, 0.6) is 0 Å². The molecule has 0 radical (unpaired) electrons. The molecule has 0 fully saturated rings. The van der Waals surface area contributed by atoms with Gasteiger partial charge in [0.15, 0.2) is 6.61 Å². The molecule has 0 aromatic heterocycles. The number of carbonyl (C=O) groups is 2. The molecule has 0 aliphatic rings. The molecule has 2 aromatic rings. The summed E-state index contributed by atoms with van der Waals surface area (Å²) in [5.74, 6) is -0.916. The number of nitrogen functional groups attached to an aromatic ring is 1. The van der Waals surface area contributed by atoms with Gasteiger partial charge < -0.3 is 15.8 Å². The average molecular weight is 395 g/mol. The first-order chi connectivity index (χ1) is 12.3. The Morgan fingerprint density at radius 3 is 2.62 bits per heavy atom. The lowest BCUT2D eigenvalue weighted by molar-refractivity contribution is -0.119. The van der Waals surface area contributed by atoms with Crippen LogP contribution in [0.25, 0.3) is 0 Å². The molecule has 2 aromatic carbocycles. The first-order valence-electron chi connectivity index (χ1n) is 8.13. The highest BCUT2D eigenvalue weighted by Gasteiger charge is 2.17. The van der Waals surface area contributed by atoms with Crippen LogP contribution in [-0.4, -0.2) is 18.5 Å². The molecule has 0 saturated carbocycles. The molecule has 0 heterocycles. The van der Waals surface area contributed by atoms with Gasteiger partial charge >= 0.3 is 5.97 Å². The Morgan fingerprint density at radius 2 is 1.92 bits per heavy atom. The number of rotatable bonds is 6. The molecule has 0 unspecified atom stereocenters. The van der Waals surface area contributed by atoms with Crippen molar-refractivity contribution in [1.29, 1.82) is 0 Å². The first-order valence-corrected chi connectivity index (χ1v) is 8.89. The van der Waals surface area contributed by atoms with Gasteiger partial charge in [0.2, 0.25) is 0 Å². The Balaban J connectivity index is 2.03. The largest absolute Gasteiger partial charge is 0.452 e. The van der Waals surface area contributed by atoms with Crippen molar-refractivity contribution in [3.05, 3.63) is 57.6 Å². The van der Waals surface area contributed by atoms with Crippen LogP contribution >= 0.6 is 23.2 Å². The second-order valence-electron chi connectivity index (χ2n) is 5.87. The summed E-state index contributed by atoms with van der Waals surface area (Å²) >= 11 is 11.8. The van der Waals surface area contributed by atoms with E-state index in [0.717, 1.165) is 12.0 Å². The zero-order valence-corrected chi connectivity index (χ0v) is 16.0. The fraction of sp³-hybridized carbons (Fsp3) is 0.263. The lowest BCUT2D eigenvalue weighted by Gasteiger charge is -2.15. The van der Waals surface area contributed by atoms with Crippen LogP contribution in [0.3, 0.4) is 0 Å². The van der Waals surface area contributed by atoms with Crippen molar-refractivity contribution in [3.63, 3.8) is 0 Å². The van der Waals surface area contributed by atoms with Gasteiger partial charge in [0, 0.05) is 10.7 Å². The van der Waals surface area contributed by atoms with E-state index < -0.39 is 18.5 Å². The van der Waals surface area contributed by atoms with E-state index in [2.05, 4.69) is 19.2 Å². The highest BCUT2D eigenvalue weighted by molar-refractivity contribution is 6.37. The molecule has 0 saturated heterocycles. The van der Waals surface area contributed by atoms with Crippen molar-refractivity contribution < 1.29 is 14.3 Å². The zero-order valence-electron chi connectivity index (χ0n) is 14.5. The van der Waals surface area contributed by atoms with Crippen LogP contribution in [0, 0.1) is 0 Å². The predicted octanol–water partition coefficient (Wildman–Crippen LogP) is 4.88. The van der Waals surface area contributed by atoms with Gasteiger partial charge in [-0.3, -0.25) is 4.79 Å². The number of hydrogen-bond acceptors (Lipinski definition) is 4. The van der Waals surface area contributed by atoms with Crippen LogP contribution in [0.15, 0.2) is 36.4 Å². The van der Waals surface area contributed by atoms with Crippen molar-refractivity contribution in [2.24, 2.45) is 0 Å². The van der Waals surface area contributed by atoms with Crippen LogP contribution in [0.2, 0.25) is 10.0 Å². The van der Waals surface area contributed by atoms with Gasteiger partial charge in [0.1, 0.15) is 0 Å². The van der Waals surface area contributed by atoms with Crippen molar-refractivity contribution in [3.8, 4) is 0 Å². The van der Waals surface area contributed by atoms with Crippen molar-refractivity contribution in [1.82, 2.24) is 0 Å². The Kier molecular flexibility index (Phi) is 6.89. The maximum absolute atomic E-state index is 12.2. The SMILES string of the molecule is CC[C@H](C)c1ccccc1NC(=O)COC(=O)c1cc(Cl)cc(Cl)c1N. The molecule has 0 aliphatic heterocycles. The van der Waals surface area contributed by atoms with Gasteiger partial charge in [-0.2, -0.15) is 0 Å². The Morgan fingerprint density at radius 1 is 1.23 bits per heavy atom. The number of esters is 1. The number of amides is 1. The molecule has 138 valence electrons. The molecule has 1 atom stereocenters. The van der Waals surface area contributed by atoms with Gasteiger partial charge in [-0.1, -0.05) is 55.2 Å². The number of carbonyl (C=O) groups excluding carboxylic acids is 2. The van der Waals surface area contributed by atoms with Crippen LogP contribution in [0.1, 0.15) is 42.1 Å². The second kappa shape index (κ2) is 8.92. The number of nitrogens with two attached hydrogens (primary N) is 1. The summed E-state index contributed by atoms with van der Waals surface area (Å²) in [6, 6.07) is 10.3. The number of benzene rings is 2. The summed E-state index contributed by atoms with van der Waals surface area (Å²) < 4.78 is 5.03. The highest BCUT2D eigenvalue weighted by atomic mass is 35.5. The number of hydrogen-bond donors (Lipinski definition) is 2. The third kappa shape index (κ3) is 4.90. The van der Waals surface area contributed by atoms with E-state index in [1.807, 2.05) is 24.3 Å². The third-order valence-corrected chi connectivity index (χ3v) is 4.56. The van der Waals surface area contributed by atoms with Crippen molar-refractivity contribution in [2.75, 3.05) is 17.7 Å². The normalized spacial score (nSPS) is 11.7. The molecular formula is C19H20Cl2N2O3. The Bertz CT molecular complexity index is 824. The minimum atomic E-state index is -0.766. The summed E-state index contributed by atoms with van der Waals surface area (Å²) in [5, 5.41) is 3.17. The van der Waals surface area contributed by atoms with Crippen molar-refractivity contribution in [2.45, 2.75) is 26.2 Å².